The fourth-order valence-corrected chi connectivity index (χ4v) is 15.1. The number of nitrogens with two attached hydrogens (primary N) is 2. The number of allylic oxidation sites excluding steroid dienone is 3. The van der Waals surface area contributed by atoms with Crippen LogP contribution < -0.4 is 11.1 Å². The van der Waals surface area contributed by atoms with Gasteiger partial charge in [-0.15, -0.1) is 0 Å². The SMILES string of the molecule is CCC[C@@H]1CC[C@@H]2[C@H](C)[C@H]([C@@H](O)[C@](C)(O)[C@@H]3CC[C@]4(O)C5=CC(=O)[C@@H]6C[C@@H](O)[C@@H](O)C[C@@]67C[C@H](C6CCC(N)[NH2+]C6)C=C[C@@H](C[C@]34CCO)[C@@H]57)O[C@@H]2CC1. The number of rotatable bonds is 8. The molecule has 54 heavy (non-hydrogen) atoms. The maximum Gasteiger partial charge on any atom is 0.159 e. The van der Waals surface area contributed by atoms with E-state index in [0.29, 0.717) is 49.5 Å². The number of aliphatic hydroxyl groups excluding tert-OH is 4. The monoisotopic (exact) mass is 756 g/mol. The first-order valence-corrected chi connectivity index (χ1v) is 22.0. The van der Waals surface area contributed by atoms with Crippen LogP contribution in [0.2, 0.25) is 0 Å². The van der Waals surface area contributed by atoms with Crippen molar-refractivity contribution >= 4 is 5.78 Å². The van der Waals surface area contributed by atoms with Crippen LogP contribution in [0.3, 0.4) is 0 Å². The van der Waals surface area contributed by atoms with E-state index in [1.54, 1.807) is 13.0 Å². The third kappa shape index (κ3) is 6.01. The van der Waals surface area contributed by atoms with Gasteiger partial charge >= 0.3 is 0 Å². The smallest absolute Gasteiger partial charge is 0.159 e. The Morgan fingerprint density at radius 1 is 1.04 bits per heavy atom. The van der Waals surface area contributed by atoms with Gasteiger partial charge in [0.05, 0.1) is 42.2 Å². The number of fused-ring (bicyclic) bond motifs is 3. The number of aliphatic hydroxyl groups is 6. The Balaban J connectivity index is 1.16. The summed E-state index contributed by atoms with van der Waals surface area (Å²) in [4.78, 5) is 14.5. The van der Waals surface area contributed by atoms with E-state index in [0.717, 1.165) is 44.6 Å². The van der Waals surface area contributed by atoms with Crippen molar-refractivity contribution < 1.29 is 45.5 Å². The van der Waals surface area contributed by atoms with Crippen molar-refractivity contribution in [3.8, 4) is 0 Å². The fraction of sp³-hybridized carbons (Fsp3) is 0.886. The molecule has 10 heteroatoms. The van der Waals surface area contributed by atoms with E-state index in [-0.39, 0.29) is 61.2 Å². The van der Waals surface area contributed by atoms with E-state index in [1.807, 2.05) is 0 Å². The Labute approximate surface area is 322 Å². The third-order valence-corrected chi connectivity index (χ3v) is 17.7. The first-order valence-electron chi connectivity index (χ1n) is 22.0. The maximum absolute atomic E-state index is 14.5. The van der Waals surface area contributed by atoms with Crippen molar-refractivity contribution in [1.29, 1.82) is 0 Å². The second kappa shape index (κ2) is 14.6. The van der Waals surface area contributed by atoms with Gasteiger partial charge in [0.2, 0.25) is 0 Å². The Morgan fingerprint density at radius 3 is 2.52 bits per heavy atom. The van der Waals surface area contributed by atoms with E-state index >= 15 is 0 Å². The minimum atomic E-state index is -1.64. The Kier molecular flexibility index (Phi) is 10.7. The highest BCUT2D eigenvalue weighted by Crippen LogP contribution is 2.73. The first-order chi connectivity index (χ1) is 25.7. The molecule has 19 atom stereocenters. The minimum Gasteiger partial charge on any atom is -0.396 e. The molecule has 0 aromatic carbocycles. The molecule has 0 bridgehead atoms. The summed E-state index contributed by atoms with van der Waals surface area (Å²) in [6.07, 6.45) is 14.1. The fourth-order valence-electron chi connectivity index (χ4n) is 15.1. The first kappa shape index (κ1) is 39.6. The number of carbonyl (C=O) groups is 1. The van der Waals surface area contributed by atoms with Gasteiger partial charge in [-0.05, 0) is 136 Å². The Hall–Kier alpha value is -1.21. The summed E-state index contributed by atoms with van der Waals surface area (Å²) in [7, 11) is 0. The zero-order valence-corrected chi connectivity index (χ0v) is 33.1. The van der Waals surface area contributed by atoms with Crippen LogP contribution in [0.5, 0.6) is 0 Å². The van der Waals surface area contributed by atoms with Crippen molar-refractivity contribution in [3.05, 3.63) is 23.8 Å². The molecular formula is C44H71N2O8+. The Morgan fingerprint density at radius 2 is 1.80 bits per heavy atom. The summed E-state index contributed by atoms with van der Waals surface area (Å²) in [5.74, 6) is 0.122. The number of carbonyl (C=O) groups excluding carboxylic acids is 1. The molecule has 304 valence electrons. The van der Waals surface area contributed by atoms with Crippen molar-refractivity contribution in [1.82, 2.24) is 0 Å². The molecule has 6 aliphatic carbocycles. The summed E-state index contributed by atoms with van der Waals surface area (Å²) in [6, 6.07) is 0. The standard InChI is InChI=1S/C44H70N2O8/c1-4-5-25-6-11-29-24(2)39(54-35(29)12-7-25)40(51)41(3,52)36-14-15-44(53)31-19-32(48)30-18-33(49)34(50)22-42(30)20-26(28-10-13-37(45)46-23-28)8-9-27(38(31)42)21-43(36,44)16-17-47/h8-9,19,24-30,33-40,46-47,49-53H,4-7,10-18,20-23,45H2,1-3H3/p+1/t24-,25+,26+,27-,28?,29+,30-,33+,34-,35+,36-,37?,38-,39+,40+,41+,42-,43+,44-/m0/s1. The lowest BCUT2D eigenvalue weighted by atomic mass is 9.41. The van der Waals surface area contributed by atoms with Crippen LogP contribution in [-0.2, 0) is 9.53 Å². The molecule has 10 nitrogen and oxygen atoms in total. The molecule has 0 aromatic rings. The van der Waals surface area contributed by atoms with Crippen LogP contribution in [-0.4, -0.2) is 97.5 Å². The number of hydrogen-bond acceptors (Lipinski definition) is 9. The van der Waals surface area contributed by atoms with Gasteiger partial charge in [0, 0.05) is 30.3 Å². The molecule has 0 radical (unpaired) electrons. The molecule has 0 aromatic heterocycles. The lowest BCUT2D eigenvalue weighted by molar-refractivity contribution is -0.703. The van der Waals surface area contributed by atoms with Gasteiger partial charge < -0.3 is 40.7 Å². The van der Waals surface area contributed by atoms with Crippen LogP contribution in [0, 0.1) is 64.1 Å². The molecule has 4 saturated carbocycles. The Bertz CT molecular complexity index is 1460. The molecule has 0 amide bonds. The van der Waals surface area contributed by atoms with Gasteiger partial charge in [0.1, 0.15) is 12.3 Å². The number of hydrogen-bond donors (Lipinski definition) is 8. The van der Waals surface area contributed by atoms with Crippen molar-refractivity contribution in [2.75, 3.05) is 13.2 Å². The number of ketones is 1. The van der Waals surface area contributed by atoms with E-state index in [1.165, 1.54) is 19.3 Å². The summed E-state index contributed by atoms with van der Waals surface area (Å²) in [5.41, 5.74) is 2.16. The van der Waals surface area contributed by atoms with Gasteiger partial charge in [-0.25, -0.2) is 0 Å². The molecule has 2 saturated heterocycles. The molecular weight excluding hydrogens is 684 g/mol. The molecule has 6 fully saturated rings. The molecule has 8 rings (SSSR count). The van der Waals surface area contributed by atoms with Gasteiger partial charge in [-0.2, -0.15) is 0 Å². The predicted octanol–water partition coefficient (Wildman–Crippen LogP) is 2.72. The van der Waals surface area contributed by atoms with E-state index in [4.69, 9.17) is 10.5 Å². The summed E-state index contributed by atoms with van der Waals surface area (Å²) in [5, 5.41) is 73.9. The average Bonchev–Trinajstić information content (AvgIpc) is 3.44. The van der Waals surface area contributed by atoms with Crippen LogP contribution >= 0.6 is 0 Å². The van der Waals surface area contributed by atoms with Crippen LogP contribution in [0.4, 0.5) is 0 Å². The predicted molar refractivity (Wildman–Crippen MR) is 203 cm³/mol. The normalized spacial score (nSPS) is 51.8. The van der Waals surface area contributed by atoms with Crippen molar-refractivity contribution in [2.45, 2.75) is 165 Å². The second-order valence-corrected chi connectivity index (χ2v) is 20.2. The molecule has 8 aliphatic rings. The number of piperidine rings is 1. The lowest BCUT2D eigenvalue weighted by Gasteiger charge is -2.64. The largest absolute Gasteiger partial charge is 0.396 e. The second-order valence-electron chi connectivity index (χ2n) is 20.2. The molecule has 2 unspecified atom stereocenters. The third-order valence-electron chi connectivity index (χ3n) is 17.7. The highest BCUT2D eigenvalue weighted by molar-refractivity contribution is 5.95. The van der Waals surface area contributed by atoms with Crippen molar-refractivity contribution in [3.63, 3.8) is 0 Å². The van der Waals surface area contributed by atoms with E-state index in [9.17, 15) is 35.4 Å². The van der Waals surface area contributed by atoms with E-state index < -0.39 is 58.3 Å². The van der Waals surface area contributed by atoms with Crippen LogP contribution in [0.15, 0.2) is 23.8 Å². The van der Waals surface area contributed by atoms with Crippen LogP contribution in [0.25, 0.3) is 0 Å². The minimum absolute atomic E-state index is 0.0631. The molecule has 2 aliphatic heterocycles. The quantitative estimate of drug-likeness (QED) is 0.172. The summed E-state index contributed by atoms with van der Waals surface area (Å²) >= 11 is 0. The summed E-state index contributed by atoms with van der Waals surface area (Å²) in [6.45, 7) is 6.83. The zero-order valence-electron chi connectivity index (χ0n) is 33.1. The maximum atomic E-state index is 14.5. The average molecular weight is 756 g/mol. The van der Waals surface area contributed by atoms with E-state index in [2.05, 4.69) is 31.3 Å². The molecule has 10 N–H and O–H groups in total. The van der Waals surface area contributed by atoms with Gasteiger partial charge in [-0.1, -0.05) is 45.3 Å². The highest BCUT2D eigenvalue weighted by atomic mass is 16.5. The summed E-state index contributed by atoms with van der Waals surface area (Å²) < 4.78 is 6.74. The number of ether oxygens (including phenoxy) is 1. The zero-order chi connectivity index (χ0) is 38.4. The topological polar surface area (TPSA) is 190 Å². The van der Waals surface area contributed by atoms with Gasteiger partial charge in [0.15, 0.2) is 5.78 Å². The van der Waals surface area contributed by atoms with Gasteiger partial charge in [0.25, 0.3) is 0 Å². The molecule has 2 heterocycles. The number of quaternary nitrogens is 1. The van der Waals surface area contributed by atoms with Crippen molar-refractivity contribution in [2.24, 2.45) is 69.8 Å². The highest BCUT2D eigenvalue weighted by Gasteiger charge is 2.73. The molecule has 1 spiro atoms. The lowest BCUT2D eigenvalue weighted by Crippen LogP contribution is -2.95. The van der Waals surface area contributed by atoms with Gasteiger partial charge in [-0.3, -0.25) is 10.5 Å². The van der Waals surface area contributed by atoms with Crippen LogP contribution in [0.1, 0.15) is 117 Å².